The van der Waals surface area contributed by atoms with E-state index in [1.54, 1.807) is 6.07 Å². The summed E-state index contributed by atoms with van der Waals surface area (Å²) in [4.78, 5) is 4.31. The summed E-state index contributed by atoms with van der Waals surface area (Å²) in [6.45, 7) is 5.14. The van der Waals surface area contributed by atoms with Crippen LogP contribution in [0.25, 0.3) is 5.65 Å². The number of aromatic nitrogens is 4. The van der Waals surface area contributed by atoms with Crippen molar-refractivity contribution < 1.29 is 13.2 Å². The lowest BCUT2D eigenvalue weighted by molar-refractivity contribution is -0.146. The fraction of sp³-hybridized carbons (Fsp3) is 0.643. The fourth-order valence-corrected chi connectivity index (χ4v) is 2.95. The Morgan fingerprint density at radius 3 is 2.52 bits per heavy atom. The summed E-state index contributed by atoms with van der Waals surface area (Å²) >= 11 is 0. The average molecular weight is 328 g/mol. The minimum Gasteiger partial charge on any atom is -0.355 e. The van der Waals surface area contributed by atoms with E-state index in [1.165, 1.54) is 6.07 Å². The smallest absolute Gasteiger partial charge is 0.355 e. The molecule has 0 radical (unpaired) electrons. The van der Waals surface area contributed by atoms with E-state index in [-0.39, 0.29) is 11.7 Å². The summed E-state index contributed by atoms with van der Waals surface area (Å²) in [6, 6.07) is 3.48. The monoisotopic (exact) mass is 328 g/mol. The minimum absolute atomic E-state index is 0.0928. The Bertz CT molecular complexity index is 675. The number of hydrogen-bond acceptors (Lipinski definition) is 5. The Balaban J connectivity index is 1.85. The third-order valence-electron chi connectivity index (χ3n) is 4.42. The van der Waals surface area contributed by atoms with Crippen molar-refractivity contribution in [3.63, 3.8) is 0 Å². The van der Waals surface area contributed by atoms with Crippen LogP contribution in [0.5, 0.6) is 0 Å². The molecule has 1 aliphatic heterocycles. The summed E-state index contributed by atoms with van der Waals surface area (Å²) in [5, 5.41) is 10.8. The van der Waals surface area contributed by atoms with Gasteiger partial charge in [0.25, 0.3) is 5.82 Å². The number of alkyl halides is 3. The highest BCUT2D eigenvalue weighted by molar-refractivity contribution is 5.46. The quantitative estimate of drug-likeness (QED) is 0.863. The Morgan fingerprint density at radius 2 is 1.91 bits per heavy atom. The molecule has 23 heavy (non-hydrogen) atoms. The third-order valence-corrected chi connectivity index (χ3v) is 4.42. The predicted octanol–water partition coefficient (Wildman–Crippen LogP) is 2.06. The Kier molecular flexibility index (Phi) is 4.13. The van der Waals surface area contributed by atoms with Crippen LogP contribution < -0.4 is 4.90 Å². The van der Waals surface area contributed by atoms with Crippen molar-refractivity contribution in [3.8, 4) is 0 Å². The molecule has 2 aromatic rings. The number of rotatable bonds is 3. The highest BCUT2D eigenvalue weighted by Crippen LogP contribution is 2.28. The molecule has 126 valence electrons. The van der Waals surface area contributed by atoms with E-state index in [2.05, 4.69) is 27.1 Å². The van der Waals surface area contributed by atoms with Crippen LogP contribution in [0.4, 0.5) is 19.0 Å². The van der Waals surface area contributed by atoms with Crippen molar-refractivity contribution >= 4 is 11.5 Å². The lowest BCUT2D eigenvalue weighted by Crippen LogP contribution is -2.43. The van der Waals surface area contributed by atoms with E-state index in [0.717, 1.165) is 37.0 Å². The normalized spacial score (nSPS) is 17.8. The van der Waals surface area contributed by atoms with Gasteiger partial charge >= 0.3 is 6.18 Å². The molecule has 6 nitrogen and oxygen atoms in total. The van der Waals surface area contributed by atoms with Crippen LogP contribution >= 0.6 is 0 Å². The van der Waals surface area contributed by atoms with E-state index >= 15 is 0 Å². The minimum atomic E-state index is -4.57. The zero-order valence-electron chi connectivity index (χ0n) is 13.1. The summed E-state index contributed by atoms with van der Waals surface area (Å²) in [5.74, 6) is -0.596. The predicted molar refractivity (Wildman–Crippen MR) is 79.3 cm³/mol. The second-order valence-electron chi connectivity index (χ2n) is 5.76. The van der Waals surface area contributed by atoms with Crippen molar-refractivity contribution in [1.29, 1.82) is 0 Å². The molecule has 9 heteroatoms. The first kappa shape index (κ1) is 16.0. The number of likely N-dealkylation sites (tertiary alicyclic amines) is 1. The van der Waals surface area contributed by atoms with Gasteiger partial charge in [-0.3, -0.25) is 0 Å². The van der Waals surface area contributed by atoms with Crippen molar-refractivity contribution in [3.05, 3.63) is 18.0 Å². The molecule has 1 fully saturated rings. The fourth-order valence-electron chi connectivity index (χ4n) is 2.95. The number of fused-ring (bicyclic) bond motifs is 1. The molecule has 0 atom stereocenters. The topological polar surface area (TPSA) is 49.6 Å². The molecule has 1 aliphatic rings. The average Bonchev–Trinajstić information content (AvgIpc) is 2.97. The van der Waals surface area contributed by atoms with Gasteiger partial charge in [0.2, 0.25) is 0 Å². The van der Waals surface area contributed by atoms with E-state index < -0.39 is 12.0 Å². The molecule has 0 unspecified atom stereocenters. The molecule has 0 N–H and O–H groups in total. The van der Waals surface area contributed by atoms with Crippen LogP contribution in [0.15, 0.2) is 12.1 Å². The van der Waals surface area contributed by atoms with Gasteiger partial charge in [-0.2, -0.15) is 17.7 Å². The first-order valence-corrected chi connectivity index (χ1v) is 7.65. The van der Waals surface area contributed by atoms with Gasteiger partial charge in [0.15, 0.2) is 5.65 Å². The van der Waals surface area contributed by atoms with Crippen molar-refractivity contribution in [1.82, 2.24) is 24.7 Å². The van der Waals surface area contributed by atoms with Gasteiger partial charge in [-0.15, -0.1) is 15.3 Å². The van der Waals surface area contributed by atoms with E-state index in [0.29, 0.717) is 5.82 Å². The van der Waals surface area contributed by atoms with E-state index in [1.807, 2.05) is 11.9 Å². The lowest BCUT2D eigenvalue weighted by atomic mass is 10.0. The maximum Gasteiger partial charge on any atom is 0.453 e. The summed E-state index contributed by atoms with van der Waals surface area (Å²) in [6.07, 6.45) is -2.63. The van der Waals surface area contributed by atoms with Gasteiger partial charge in [-0.05, 0) is 31.5 Å². The van der Waals surface area contributed by atoms with Crippen LogP contribution in [0, 0.1) is 0 Å². The largest absolute Gasteiger partial charge is 0.453 e. The van der Waals surface area contributed by atoms with Crippen LogP contribution in [-0.2, 0) is 6.18 Å². The molecule has 0 aliphatic carbocycles. The maximum absolute atomic E-state index is 12.9. The van der Waals surface area contributed by atoms with Gasteiger partial charge in [0.1, 0.15) is 5.82 Å². The highest BCUT2D eigenvalue weighted by Gasteiger charge is 2.37. The molecule has 3 heterocycles. The Morgan fingerprint density at radius 1 is 1.22 bits per heavy atom. The number of nitrogens with zero attached hydrogens (tertiary/aromatic N) is 6. The van der Waals surface area contributed by atoms with Crippen LogP contribution in [-0.4, -0.2) is 57.4 Å². The van der Waals surface area contributed by atoms with Crippen LogP contribution in [0.3, 0.4) is 0 Å². The SMILES string of the molecule is CCN1CCC(N(C)c2ccc3nnc(C(F)(F)F)n3n2)CC1. The van der Waals surface area contributed by atoms with Gasteiger partial charge in [0.05, 0.1) is 0 Å². The zero-order valence-corrected chi connectivity index (χ0v) is 13.1. The molecule has 0 bridgehead atoms. The third kappa shape index (κ3) is 3.10. The van der Waals surface area contributed by atoms with Gasteiger partial charge < -0.3 is 9.80 Å². The Labute approximate surface area is 131 Å². The first-order chi connectivity index (χ1) is 10.9. The van der Waals surface area contributed by atoms with Crippen molar-refractivity contribution in [2.24, 2.45) is 0 Å². The standard InChI is InChI=1S/C14H19F3N6/c1-3-22-8-6-10(7-9-22)21(2)12-5-4-11-18-19-13(14(15,16)17)23(11)20-12/h4-5,10H,3,6-9H2,1-2H3. The molecule has 1 saturated heterocycles. The highest BCUT2D eigenvalue weighted by atomic mass is 19.4. The molecule has 0 spiro atoms. The van der Waals surface area contributed by atoms with Gasteiger partial charge in [-0.1, -0.05) is 6.92 Å². The number of hydrogen-bond donors (Lipinski definition) is 0. The van der Waals surface area contributed by atoms with E-state index in [4.69, 9.17) is 0 Å². The molecule has 2 aromatic heterocycles. The number of piperidine rings is 1. The number of anilines is 1. The van der Waals surface area contributed by atoms with Crippen molar-refractivity contribution in [2.75, 3.05) is 31.6 Å². The van der Waals surface area contributed by atoms with Gasteiger partial charge in [-0.25, -0.2) is 0 Å². The zero-order chi connectivity index (χ0) is 16.6. The second kappa shape index (κ2) is 5.95. The van der Waals surface area contributed by atoms with Crippen LogP contribution in [0.2, 0.25) is 0 Å². The Hall–Kier alpha value is -1.90. The number of halogens is 3. The molecule has 3 rings (SSSR count). The van der Waals surface area contributed by atoms with Crippen molar-refractivity contribution in [2.45, 2.75) is 32.0 Å². The maximum atomic E-state index is 12.9. The lowest BCUT2D eigenvalue weighted by Gasteiger charge is -2.36. The molecule has 0 amide bonds. The molecule has 0 saturated carbocycles. The second-order valence-corrected chi connectivity index (χ2v) is 5.76. The molecular weight excluding hydrogens is 309 g/mol. The first-order valence-electron chi connectivity index (χ1n) is 7.65. The van der Waals surface area contributed by atoms with E-state index in [9.17, 15) is 13.2 Å². The van der Waals surface area contributed by atoms with Gasteiger partial charge in [0, 0.05) is 26.2 Å². The summed E-state index contributed by atoms with van der Waals surface area (Å²) in [5.41, 5.74) is 0.0928. The van der Waals surface area contributed by atoms with Crippen LogP contribution in [0.1, 0.15) is 25.6 Å². The molecule has 0 aromatic carbocycles. The molecular formula is C14H19F3N6. The summed E-state index contributed by atoms with van der Waals surface area (Å²) < 4.78 is 39.6. The summed E-state index contributed by atoms with van der Waals surface area (Å²) in [7, 11) is 1.87.